The van der Waals surface area contributed by atoms with Gasteiger partial charge in [0, 0.05) is 41.5 Å². The van der Waals surface area contributed by atoms with Crippen LogP contribution in [0.3, 0.4) is 0 Å². The minimum atomic E-state index is -1.39. The first-order chi connectivity index (χ1) is 18.5. The van der Waals surface area contributed by atoms with Crippen LogP contribution in [-0.2, 0) is 25.6 Å². The molecule has 0 spiro atoms. The van der Waals surface area contributed by atoms with Crippen LogP contribution in [0.2, 0.25) is 5.02 Å². The highest BCUT2D eigenvalue weighted by molar-refractivity contribution is 7.90. The zero-order valence-electron chi connectivity index (χ0n) is 22.8. The maximum absolute atomic E-state index is 13.4. The molecule has 0 aromatic heterocycles. The van der Waals surface area contributed by atoms with Crippen molar-refractivity contribution in [1.82, 2.24) is 9.62 Å². The second kappa shape index (κ2) is 12.5. The highest BCUT2D eigenvalue weighted by Crippen LogP contribution is 2.39. The fourth-order valence-electron chi connectivity index (χ4n) is 4.97. The highest BCUT2D eigenvalue weighted by Gasteiger charge is 2.42. The van der Waals surface area contributed by atoms with Gasteiger partial charge in [-0.3, -0.25) is 4.79 Å². The number of hydrogen-bond donors (Lipinski definition) is 2. The number of piperidine rings is 1. The quantitative estimate of drug-likeness (QED) is 0.363. The van der Waals surface area contributed by atoms with Crippen molar-refractivity contribution < 1.29 is 28.7 Å². The number of aryl methyl sites for hydroxylation is 1. The third kappa shape index (κ3) is 7.08. The number of amides is 1. The number of aromatic hydroxyl groups is 1. The molecule has 2 aromatic rings. The third-order valence-corrected chi connectivity index (χ3v) is 9.29. The first-order valence-electron chi connectivity index (χ1n) is 13.3. The van der Waals surface area contributed by atoms with Crippen molar-refractivity contribution in [1.29, 1.82) is 0 Å². The van der Waals surface area contributed by atoms with Crippen molar-refractivity contribution in [3.05, 3.63) is 64.2 Å². The van der Waals surface area contributed by atoms with Gasteiger partial charge in [-0.25, -0.2) is 4.79 Å². The van der Waals surface area contributed by atoms with E-state index in [1.165, 1.54) is 0 Å². The molecule has 4 atom stereocenters. The molecule has 212 valence electrons. The number of carbonyl (C=O) groups is 2. The molecule has 0 aliphatic carbocycles. The summed E-state index contributed by atoms with van der Waals surface area (Å²) in [6.45, 7) is 8.75. The summed E-state index contributed by atoms with van der Waals surface area (Å²) in [5.74, 6) is -0.566. The number of likely N-dealkylation sites (tertiary alicyclic amines) is 1. The normalized spacial score (nSPS) is 21.9. The largest absolute Gasteiger partial charge is 0.598 e. The molecule has 1 amide bonds. The van der Waals surface area contributed by atoms with E-state index in [1.807, 2.05) is 33.8 Å². The summed E-state index contributed by atoms with van der Waals surface area (Å²) < 4.78 is 27.2. The van der Waals surface area contributed by atoms with Gasteiger partial charge in [0.15, 0.2) is 6.10 Å². The van der Waals surface area contributed by atoms with Gasteiger partial charge in [0.05, 0.1) is 18.2 Å². The van der Waals surface area contributed by atoms with Crippen LogP contribution >= 0.6 is 11.6 Å². The van der Waals surface area contributed by atoms with Crippen molar-refractivity contribution in [2.24, 2.45) is 5.92 Å². The van der Waals surface area contributed by atoms with Crippen LogP contribution in [0.5, 0.6) is 5.75 Å². The van der Waals surface area contributed by atoms with Crippen molar-refractivity contribution in [3.8, 4) is 5.75 Å². The number of carbonyl (C=O) groups excluding carboxylic acids is 2. The molecule has 0 bridgehead atoms. The number of ether oxygens (including phenoxy) is 2. The Morgan fingerprint density at radius 2 is 1.85 bits per heavy atom. The zero-order valence-corrected chi connectivity index (χ0v) is 24.4. The lowest BCUT2D eigenvalue weighted by molar-refractivity contribution is -0.146. The summed E-state index contributed by atoms with van der Waals surface area (Å²) in [6.07, 6.45) is 0.228. The van der Waals surface area contributed by atoms with Crippen molar-refractivity contribution >= 4 is 34.8 Å². The van der Waals surface area contributed by atoms with Crippen LogP contribution in [0.15, 0.2) is 42.5 Å². The number of nitrogens with one attached hydrogen (secondary N) is 1. The van der Waals surface area contributed by atoms with Crippen LogP contribution in [0.25, 0.3) is 0 Å². The first-order valence-corrected chi connectivity index (χ1v) is 14.8. The van der Waals surface area contributed by atoms with Gasteiger partial charge < -0.3 is 24.0 Å². The third-order valence-electron chi connectivity index (χ3n) is 7.30. The number of rotatable bonds is 7. The Bertz CT molecular complexity index is 1170. The van der Waals surface area contributed by atoms with Gasteiger partial charge in [0.2, 0.25) is 0 Å². The van der Waals surface area contributed by atoms with Gasteiger partial charge in [0.1, 0.15) is 16.6 Å². The standard InChI is InChI=1S/C29H37ClN2O6S/c1-18-16-23(33)21(17-22(18)30)25(31-39(36)29(2,3)4)19-10-13-32(14-11-19)27(34)26-24(12-15-37-26)38-28(35)20-8-6-5-7-9-20/h5-9,16-17,19,24-26,31,33H,10-15H2,1-4H3/t24?,25-,26?,39+/m1/s1. The number of phenols is 1. The van der Waals surface area contributed by atoms with E-state index in [0.29, 0.717) is 55.1 Å². The molecule has 2 unspecified atom stereocenters. The van der Waals surface area contributed by atoms with E-state index in [0.717, 1.165) is 5.56 Å². The Balaban J connectivity index is 1.44. The predicted molar refractivity (Wildman–Crippen MR) is 151 cm³/mol. The Labute approximate surface area is 238 Å². The lowest BCUT2D eigenvalue weighted by Gasteiger charge is -2.38. The summed E-state index contributed by atoms with van der Waals surface area (Å²) in [6, 6.07) is 11.6. The van der Waals surface area contributed by atoms with Crippen LogP contribution < -0.4 is 4.72 Å². The molecule has 0 radical (unpaired) electrons. The number of nitrogens with zero attached hydrogens (tertiary/aromatic N) is 1. The molecular formula is C29H37ClN2O6S. The second-order valence-corrected chi connectivity index (χ2v) is 13.6. The lowest BCUT2D eigenvalue weighted by atomic mass is 9.85. The summed E-state index contributed by atoms with van der Waals surface area (Å²) in [5, 5.41) is 11.3. The maximum Gasteiger partial charge on any atom is 0.338 e. The van der Waals surface area contributed by atoms with Crippen molar-refractivity contribution in [2.45, 2.75) is 70.0 Å². The van der Waals surface area contributed by atoms with Gasteiger partial charge in [-0.15, -0.1) is 4.72 Å². The SMILES string of the molecule is Cc1cc(O)c([C@H](N[S@@+]([O-])C(C)(C)C)C2CCN(C(=O)C3OCCC3OC(=O)c3ccccc3)CC2)cc1Cl. The maximum atomic E-state index is 13.4. The average Bonchev–Trinajstić information content (AvgIpc) is 3.37. The number of phenolic OH excluding ortho intramolecular Hbond substituents is 1. The molecule has 2 aromatic carbocycles. The van der Waals surface area contributed by atoms with Gasteiger partial charge in [-0.05, 0) is 76.3 Å². The van der Waals surface area contributed by atoms with Crippen molar-refractivity contribution in [3.63, 3.8) is 0 Å². The number of halogens is 1. The van der Waals surface area contributed by atoms with Crippen molar-refractivity contribution in [2.75, 3.05) is 19.7 Å². The van der Waals surface area contributed by atoms with Crippen LogP contribution in [0.1, 0.15) is 67.6 Å². The molecule has 10 heteroatoms. The monoisotopic (exact) mass is 576 g/mol. The first kappa shape index (κ1) is 29.7. The molecule has 8 nitrogen and oxygen atoms in total. The second-order valence-electron chi connectivity index (χ2n) is 11.2. The summed E-state index contributed by atoms with van der Waals surface area (Å²) in [4.78, 5) is 27.7. The Morgan fingerprint density at radius 1 is 1.18 bits per heavy atom. The Kier molecular flexibility index (Phi) is 9.49. The zero-order chi connectivity index (χ0) is 28.3. The van der Waals surface area contributed by atoms with E-state index in [9.17, 15) is 19.2 Å². The van der Waals surface area contributed by atoms with Gasteiger partial charge in [-0.2, -0.15) is 0 Å². The minimum Gasteiger partial charge on any atom is -0.598 e. The van der Waals surface area contributed by atoms with Crippen LogP contribution in [0.4, 0.5) is 0 Å². The Morgan fingerprint density at radius 3 is 2.49 bits per heavy atom. The van der Waals surface area contributed by atoms with E-state index in [2.05, 4.69) is 4.72 Å². The van der Waals surface area contributed by atoms with Gasteiger partial charge >= 0.3 is 5.97 Å². The molecule has 4 rings (SSSR count). The molecule has 0 saturated carbocycles. The molecule has 2 fully saturated rings. The minimum absolute atomic E-state index is 0.00113. The van der Waals surface area contributed by atoms with E-state index in [4.69, 9.17) is 21.1 Å². The van der Waals surface area contributed by atoms with E-state index < -0.39 is 40.3 Å². The van der Waals surface area contributed by atoms with E-state index in [-0.39, 0.29) is 17.6 Å². The fraction of sp³-hybridized carbons (Fsp3) is 0.517. The molecule has 2 saturated heterocycles. The molecule has 2 aliphatic heterocycles. The summed E-state index contributed by atoms with van der Waals surface area (Å²) in [7, 11) is 0. The lowest BCUT2D eigenvalue weighted by Crippen LogP contribution is -2.50. The summed E-state index contributed by atoms with van der Waals surface area (Å²) >= 11 is 5.02. The van der Waals surface area contributed by atoms with Crippen LogP contribution in [0, 0.1) is 12.8 Å². The number of esters is 1. The van der Waals surface area contributed by atoms with Gasteiger partial charge in [-0.1, -0.05) is 29.8 Å². The fourth-order valence-corrected chi connectivity index (χ4v) is 6.05. The van der Waals surface area contributed by atoms with E-state index >= 15 is 0 Å². The molecule has 39 heavy (non-hydrogen) atoms. The molecule has 2 aliphatic rings. The number of hydrogen-bond acceptors (Lipinski definition) is 7. The smallest absolute Gasteiger partial charge is 0.338 e. The average molecular weight is 577 g/mol. The van der Waals surface area contributed by atoms with Crippen LogP contribution in [-0.4, -0.2) is 63.1 Å². The molecule has 2 N–H and O–H groups in total. The summed E-state index contributed by atoms with van der Waals surface area (Å²) in [5.41, 5.74) is 1.79. The van der Waals surface area contributed by atoms with E-state index in [1.54, 1.807) is 41.3 Å². The Hall–Kier alpha value is -2.30. The van der Waals surface area contributed by atoms with Gasteiger partial charge in [0.25, 0.3) is 5.91 Å². The molecule has 2 heterocycles. The highest BCUT2D eigenvalue weighted by atomic mass is 35.5. The topological polar surface area (TPSA) is 111 Å². The predicted octanol–water partition coefficient (Wildman–Crippen LogP) is 4.70. The number of benzene rings is 2. The molecular weight excluding hydrogens is 540 g/mol.